The maximum Gasteiger partial charge on any atom is 0.271 e. The lowest BCUT2D eigenvalue weighted by molar-refractivity contribution is 0.0954. The van der Waals surface area contributed by atoms with Gasteiger partial charge in [0, 0.05) is 39.3 Å². The minimum atomic E-state index is -0.221. The van der Waals surface area contributed by atoms with Gasteiger partial charge in [-0.3, -0.25) is 4.79 Å². The second-order valence-electron chi connectivity index (χ2n) is 7.21. The number of hydrogen-bond acceptors (Lipinski definition) is 2. The number of amides is 1. The van der Waals surface area contributed by atoms with Gasteiger partial charge in [-0.15, -0.1) is 0 Å². The lowest BCUT2D eigenvalue weighted by Crippen LogP contribution is -2.18. The quantitative estimate of drug-likeness (QED) is 0.328. The van der Waals surface area contributed by atoms with Crippen LogP contribution in [0.5, 0.6) is 0 Å². The van der Waals surface area contributed by atoms with Crippen LogP contribution in [0.3, 0.4) is 0 Å². The van der Waals surface area contributed by atoms with E-state index in [4.69, 9.17) is 11.6 Å². The van der Waals surface area contributed by atoms with E-state index in [2.05, 4.69) is 34.2 Å². The zero-order valence-electron chi connectivity index (χ0n) is 16.9. The molecule has 0 atom stereocenters. The molecule has 0 saturated carbocycles. The number of aryl methyl sites for hydroxylation is 1. The third-order valence-corrected chi connectivity index (χ3v) is 5.68. The lowest BCUT2D eigenvalue weighted by atomic mass is 10.1. The number of para-hydroxylation sites is 1. The Morgan fingerprint density at radius 3 is 2.50 bits per heavy atom. The van der Waals surface area contributed by atoms with Gasteiger partial charge in [-0.25, -0.2) is 5.43 Å². The van der Waals surface area contributed by atoms with Crippen LogP contribution in [0.15, 0.2) is 77.9 Å². The fourth-order valence-corrected chi connectivity index (χ4v) is 3.86. The van der Waals surface area contributed by atoms with Gasteiger partial charge in [-0.1, -0.05) is 66.2 Å². The molecule has 4 nitrogen and oxygen atoms in total. The molecule has 0 saturated heterocycles. The first-order valence-corrected chi connectivity index (χ1v) is 10.1. The minimum Gasteiger partial charge on any atom is -0.340 e. The molecule has 4 aromatic rings. The van der Waals surface area contributed by atoms with Gasteiger partial charge in [0.25, 0.3) is 5.91 Å². The number of fused-ring (bicyclic) bond motifs is 1. The highest BCUT2D eigenvalue weighted by Gasteiger charge is 2.14. The Morgan fingerprint density at radius 2 is 1.70 bits per heavy atom. The molecule has 0 aliphatic heterocycles. The molecule has 1 aromatic heterocycles. The lowest BCUT2D eigenvalue weighted by Gasteiger charge is -2.10. The SMILES string of the molecule is Cc1ccccc1C(=O)N/N=C\c1c(C)n(Cc2ccccc2Cl)c2ccccc12. The second kappa shape index (κ2) is 8.56. The average Bonchev–Trinajstić information content (AvgIpc) is 3.01. The maximum absolute atomic E-state index is 12.4. The Balaban J connectivity index is 1.65. The Morgan fingerprint density at radius 1 is 1.00 bits per heavy atom. The van der Waals surface area contributed by atoms with Gasteiger partial charge in [0.05, 0.1) is 6.21 Å². The molecular weight excluding hydrogens is 394 g/mol. The summed E-state index contributed by atoms with van der Waals surface area (Å²) in [5, 5.41) is 6.07. The first kappa shape index (κ1) is 19.9. The van der Waals surface area contributed by atoms with Crippen LogP contribution >= 0.6 is 11.6 Å². The van der Waals surface area contributed by atoms with Crippen LogP contribution in [0.2, 0.25) is 5.02 Å². The first-order chi connectivity index (χ1) is 14.6. The third-order valence-electron chi connectivity index (χ3n) is 5.32. The number of carbonyl (C=O) groups excluding carboxylic acids is 1. The molecule has 0 spiro atoms. The van der Waals surface area contributed by atoms with Crippen molar-refractivity contribution in [3.05, 3.63) is 106 Å². The summed E-state index contributed by atoms with van der Waals surface area (Å²) in [6.07, 6.45) is 1.72. The van der Waals surface area contributed by atoms with E-state index in [-0.39, 0.29) is 5.91 Å². The Kier molecular flexibility index (Phi) is 5.68. The number of hydrazone groups is 1. The number of aromatic nitrogens is 1. The van der Waals surface area contributed by atoms with Crippen molar-refractivity contribution in [1.29, 1.82) is 0 Å². The zero-order valence-corrected chi connectivity index (χ0v) is 17.6. The molecule has 0 fully saturated rings. The Bertz CT molecular complexity index is 1260. The van der Waals surface area contributed by atoms with Crippen molar-refractivity contribution in [3.8, 4) is 0 Å². The van der Waals surface area contributed by atoms with Gasteiger partial charge < -0.3 is 4.57 Å². The number of benzene rings is 3. The normalized spacial score (nSPS) is 11.3. The monoisotopic (exact) mass is 415 g/mol. The largest absolute Gasteiger partial charge is 0.340 e. The van der Waals surface area contributed by atoms with Crippen molar-refractivity contribution >= 4 is 34.6 Å². The van der Waals surface area contributed by atoms with E-state index in [0.717, 1.165) is 38.3 Å². The van der Waals surface area contributed by atoms with Crippen LogP contribution in [0.4, 0.5) is 0 Å². The molecular formula is C25H22ClN3O. The molecule has 0 bridgehead atoms. The molecule has 150 valence electrons. The Hall–Kier alpha value is -3.37. The summed E-state index contributed by atoms with van der Waals surface area (Å²) < 4.78 is 2.22. The van der Waals surface area contributed by atoms with Crippen molar-refractivity contribution in [2.75, 3.05) is 0 Å². The molecule has 0 aliphatic carbocycles. The smallest absolute Gasteiger partial charge is 0.271 e. The summed E-state index contributed by atoms with van der Waals surface area (Å²) in [7, 11) is 0. The molecule has 0 aliphatic rings. The van der Waals surface area contributed by atoms with E-state index in [0.29, 0.717) is 12.1 Å². The van der Waals surface area contributed by atoms with Crippen molar-refractivity contribution in [1.82, 2.24) is 9.99 Å². The molecule has 3 aromatic carbocycles. The van der Waals surface area contributed by atoms with E-state index in [1.165, 1.54) is 0 Å². The number of nitrogens with zero attached hydrogens (tertiary/aromatic N) is 2. The van der Waals surface area contributed by atoms with E-state index in [1.54, 1.807) is 12.3 Å². The van der Waals surface area contributed by atoms with Crippen LogP contribution < -0.4 is 5.43 Å². The molecule has 5 heteroatoms. The number of nitrogens with one attached hydrogen (secondary N) is 1. The van der Waals surface area contributed by atoms with E-state index < -0.39 is 0 Å². The van der Waals surface area contributed by atoms with Crippen molar-refractivity contribution in [3.63, 3.8) is 0 Å². The highest BCUT2D eigenvalue weighted by molar-refractivity contribution is 6.31. The van der Waals surface area contributed by atoms with Gasteiger partial charge in [0.2, 0.25) is 0 Å². The highest BCUT2D eigenvalue weighted by atomic mass is 35.5. The van der Waals surface area contributed by atoms with Crippen molar-refractivity contribution in [2.24, 2.45) is 5.10 Å². The predicted octanol–water partition coefficient (Wildman–Crippen LogP) is 5.72. The molecule has 0 unspecified atom stereocenters. The third kappa shape index (κ3) is 3.87. The van der Waals surface area contributed by atoms with Crippen molar-refractivity contribution < 1.29 is 4.79 Å². The molecule has 1 heterocycles. The molecule has 4 rings (SSSR count). The van der Waals surface area contributed by atoms with Crippen LogP contribution in [0, 0.1) is 13.8 Å². The minimum absolute atomic E-state index is 0.221. The first-order valence-electron chi connectivity index (χ1n) is 9.76. The van der Waals surface area contributed by atoms with Gasteiger partial charge in [0.1, 0.15) is 0 Å². The topological polar surface area (TPSA) is 46.4 Å². The summed E-state index contributed by atoms with van der Waals surface area (Å²) in [5.41, 5.74) is 8.37. The fraction of sp³-hybridized carbons (Fsp3) is 0.120. The standard InChI is InChI=1S/C25H22ClN3O/c1-17-9-3-5-11-20(17)25(30)28-27-15-22-18(2)29(24-14-8-6-12-21(22)24)16-19-10-4-7-13-23(19)26/h3-15H,16H2,1-2H3,(H,28,30)/b27-15-. The number of halogens is 1. The number of rotatable bonds is 5. The fourth-order valence-electron chi connectivity index (χ4n) is 3.66. The van der Waals surface area contributed by atoms with E-state index >= 15 is 0 Å². The van der Waals surface area contributed by atoms with Crippen LogP contribution in [-0.4, -0.2) is 16.7 Å². The summed E-state index contributed by atoms with van der Waals surface area (Å²) in [5.74, 6) is -0.221. The summed E-state index contributed by atoms with van der Waals surface area (Å²) >= 11 is 6.39. The van der Waals surface area contributed by atoms with E-state index in [9.17, 15) is 4.79 Å². The summed E-state index contributed by atoms with van der Waals surface area (Å²) in [4.78, 5) is 12.4. The van der Waals surface area contributed by atoms with Gasteiger partial charge >= 0.3 is 0 Å². The van der Waals surface area contributed by atoms with Crippen LogP contribution in [0.25, 0.3) is 10.9 Å². The Labute approximate surface area is 180 Å². The zero-order chi connectivity index (χ0) is 21.1. The van der Waals surface area contributed by atoms with Gasteiger partial charge in [-0.05, 0) is 43.2 Å². The molecule has 1 N–H and O–H groups in total. The highest BCUT2D eigenvalue weighted by Crippen LogP contribution is 2.27. The van der Waals surface area contributed by atoms with Gasteiger partial charge in [0.15, 0.2) is 0 Å². The number of hydrogen-bond donors (Lipinski definition) is 1. The summed E-state index contributed by atoms with van der Waals surface area (Å²) in [6.45, 7) is 4.63. The van der Waals surface area contributed by atoms with Crippen molar-refractivity contribution in [2.45, 2.75) is 20.4 Å². The predicted molar refractivity (Wildman–Crippen MR) is 123 cm³/mol. The molecule has 1 amide bonds. The summed E-state index contributed by atoms with van der Waals surface area (Å²) in [6, 6.07) is 23.5. The van der Waals surface area contributed by atoms with Crippen LogP contribution in [-0.2, 0) is 6.54 Å². The second-order valence-corrected chi connectivity index (χ2v) is 7.62. The number of carbonyl (C=O) groups is 1. The van der Waals surface area contributed by atoms with E-state index in [1.807, 2.05) is 61.5 Å². The maximum atomic E-state index is 12.4. The van der Waals surface area contributed by atoms with Crippen LogP contribution in [0.1, 0.15) is 32.7 Å². The molecule has 0 radical (unpaired) electrons. The average molecular weight is 416 g/mol. The van der Waals surface area contributed by atoms with Gasteiger partial charge in [-0.2, -0.15) is 5.10 Å². The molecule has 30 heavy (non-hydrogen) atoms.